The Balaban J connectivity index is 1.75. The van der Waals surface area contributed by atoms with Gasteiger partial charge in [0, 0.05) is 6.54 Å². The molecular formula is C22H34BNO4. The average Bonchev–Trinajstić information content (AvgIpc) is 2.81. The van der Waals surface area contributed by atoms with Crippen LogP contribution in [0.25, 0.3) is 0 Å². The quantitative estimate of drug-likeness (QED) is 0.704. The smallest absolute Gasteiger partial charge is 0.444 e. The van der Waals surface area contributed by atoms with Gasteiger partial charge in [-0.25, -0.2) is 4.79 Å². The zero-order chi connectivity index (χ0) is 20.7. The summed E-state index contributed by atoms with van der Waals surface area (Å²) in [5.74, 6) is 0. The molecule has 3 rings (SSSR count). The Morgan fingerprint density at radius 2 is 1.64 bits per heavy atom. The van der Waals surface area contributed by atoms with Crippen LogP contribution in [0.1, 0.15) is 79.3 Å². The van der Waals surface area contributed by atoms with Gasteiger partial charge in [-0.3, -0.25) is 0 Å². The third-order valence-electron chi connectivity index (χ3n) is 5.98. The molecule has 0 spiro atoms. The number of ether oxygens (including phenoxy) is 1. The third kappa shape index (κ3) is 4.38. The molecule has 154 valence electrons. The summed E-state index contributed by atoms with van der Waals surface area (Å²) >= 11 is 0. The molecule has 0 saturated carbocycles. The first-order chi connectivity index (χ1) is 12.9. The molecular weight excluding hydrogens is 353 g/mol. The lowest BCUT2D eigenvalue weighted by Crippen LogP contribution is -2.42. The van der Waals surface area contributed by atoms with E-state index in [1.807, 2.05) is 25.7 Å². The highest BCUT2D eigenvalue weighted by Crippen LogP contribution is 2.37. The number of nitrogens with zero attached hydrogens (tertiary/aromatic N) is 1. The molecule has 1 atom stereocenters. The van der Waals surface area contributed by atoms with Gasteiger partial charge in [0.05, 0.1) is 17.2 Å². The molecule has 0 bridgehead atoms. The molecule has 0 radical (unpaired) electrons. The van der Waals surface area contributed by atoms with Gasteiger partial charge in [-0.2, -0.15) is 0 Å². The monoisotopic (exact) mass is 387 g/mol. The molecule has 2 aliphatic rings. The van der Waals surface area contributed by atoms with Gasteiger partial charge in [0.2, 0.25) is 0 Å². The van der Waals surface area contributed by atoms with Gasteiger partial charge in [-0.15, -0.1) is 0 Å². The van der Waals surface area contributed by atoms with Crippen LogP contribution in [0.3, 0.4) is 0 Å². The minimum atomic E-state index is -0.486. The van der Waals surface area contributed by atoms with Gasteiger partial charge in [-0.1, -0.05) is 24.3 Å². The number of hydrogen-bond acceptors (Lipinski definition) is 4. The minimum absolute atomic E-state index is 0.0518. The predicted octanol–water partition coefficient (Wildman–Crippen LogP) is 4.45. The van der Waals surface area contributed by atoms with Gasteiger partial charge in [0.1, 0.15) is 5.60 Å². The van der Waals surface area contributed by atoms with E-state index in [1.54, 1.807) is 0 Å². The normalized spacial score (nSPS) is 24.3. The van der Waals surface area contributed by atoms with Crippen LogP contribution in [0.5, 0.6) is 0 Å². The van der Waals surface area contributed by atoms with Crippen molar-refractivity contribution in [1.29, 1.82) is 0 Å². The lowest BCUT2D eigenvalue weighted by molar-refractivity contribution is 0.00578. The van der Waals surface area contributed by atoms with Crippen molar-refractivity contribution in [2.45, 2.75) is 90.6 Å². The molecule has 2 aliphatic heterocycles. The fourth-order valence-corrected chi connectivity index (χ4v) is 3.67. The fourth-order valence-electron chi connectivity index (χ4n) is 3.67. The first-order valence-electron chi connectivity index (χ1n) is 10.3. The van der Waals surface area contributed by atoms with Crippen molar-refractivity contribution >= 4 is 18.7 Å². The van der Waals surface area contributed by atoms with E-state index in [4.69, 9.17) is 14.0 Å². The van der Waals surface area contributed by atoms with E-state index in [0.29, 0.717) is 0 Å². The van der Waals surface area contributed by atoms with Crippen molar-refractivity contribution in [3.05, 3.63) is 29.8 Å². The van der Waals surface area contributed by atoms with Crippen LogP contribution in [0, 0.1) is 0 Å². The number of benzene rings is 1. The molecule has 0 N–H and O–H groups in total. The summed E-state index contributed by atoms with van der Waals surface area (Å²) in [4.78, 5) is 14.6. The Hall–Kier alpha value is -1.53. The standard InChI is InChI=1S/C22H34BNO4/c1-20(2,3)26-19(25)24-15-9-8-10-18(24)16-11-13-17(14-12-16)23-27-21(4,5)22(6,7)28-23/h11-14,18H,8-10,15H2,1-7H3. The average molecular weight is 387 g/mol. The van der Waals surface area contributed by atoms with Crippen molar-refractivity contribution in [3.8, 4) is 0 Å². The molecule has 2 fully saturated rings. The fraction of sp³-hybridized carbons (Fsp3) is 0.682. The first kappa shape index (κ1) is 21.2. The van der Waals surface area contributed by atoms with E-state index in [2.05, 4.69) is 52.0 Å². The number of likely N-dealkylation sites (tertiary alicyclic amines) is 1. The second-order valence-corrected chi connectivity index (χ2v) is 9.94. The van der Waals surface area contributed by atoms with E-state index in [1.165, 1.54) is 0 Å². The van der Waals surface area contributed by atoms with Crippen LogP contribution in [0.4, 0.5) is 4.79 Å². The number of carbonyl (C=O) groups is 1. The van der Waals surface area contributed by atoms with Gasteiger partial charge in [0.15, 0.2) is 0 Å². The van der Waals surface area contributed by atoms with E-state index in [-0.39, 0.29) is 30.5 Å². The van der Waals surface area contributed by atoms with Crippen LogP contribution in [0.15, 0.2) is 24.3 Å². The predicted molar refractivity (Wildman–Crippen MR) is 112 cm³/mol. The van der Waals surface area contributed by atoms with Crippen LogP contribution >= 0.6 is 0 Å². The second kappa shape index (κ2) is 7.38. The summed E-state index contributed by atoms with van der Waals surface area (Å²) in [6.45, 7) is 14.7. The summed E-state index contributed by atoms with van der Waals surface area (Å²) in [7, 11) is -0.368. The van der Waals surface area contributed by atoms with Gasteiger partial charge in [0.25, 0.3) is 0 Å². The van der Waals surface area contributed by atoms with Crippen molar-refractivity contribution in [2.75, 3.05) is 6.54 Å². The van der Waals surface area contributed by atoms with Gasteiger partial charge < -0.3 is 18.9 Å². The maximum absolute atomic E-state index is 12.7. The molecule has 6 heteroatoms. The minimum Gasteiger partial charge on any atom is -0.444 e. The molecule has 28 heavy (non-hydrogen) atoms. The van der Waals surface area contributed by atoms with E-state index in [9.17, 15) is 4.79 Å². The summed E-state index contributed by atoms with van der Waals surface area (Å²) in [6.07, 6.45) is 2.85. The van der Waals surface area contributed by atoms with Gasteiger partial charge in [-0.05, 0) is 78.8 Å². The summed E-state index contributed by atoms with van der Waals surface area (Å²) in [5.41, 5.74) is 0.938. The largest absolute Gasteiger partial charge is 0.494 e. The lowest BCUT2D eigenvalue weighted by Gasteiger charge is -2.37. The number of amides is 1. The Labute approximate surface area is 169 Å². The first-order valence-corrected chi connectivity index (χ1v) is 10.3. The van der Waals surface area contributed by atoms with Crippen molar-refractivity contribution < 1.29 is 18.8 Å². The highest BCUT2D eigenvalue weighted by Gasteiger charge is 2.51. The number of rotatable bonds is 2. The Kier molecular flexibility index (Phi) is 5.58. The Bertz CT molecular complexity index is 692. The topological polar surface area (TPSA) is 48.0 Å². The number of piperidine rings is 1. The van der Waals surface area contributed by atoms with Crippen LogP contribution in [0.2, 0.25) is 0 Å². The molecule has 2 heterocycles. The maximum Gasteiger partial charge on any atom is 0.494 e. The number of carbonyl (C=O) groups excluding carboxylic acids is 1. The molecule has 1 amide bonds. The van der Waals surface area contributed by atoms with Crippen molar-refractivity contribution in [1.82, 2.24) is 4.90 Å². The molecule has 1 aromatic rings. The molecule has 1 aromatic carbocycles. The zero-order valence-corrected chi connectivity index (χ0v) is 18.4. The second-order valence-electron chi connectivity index (χ2n) is 9.94. The van der Waals surface area contributed by atoms with Gasteiger partial charge >= 0.3 is 13.2 Å². The van der Waals surface area contributed by atoms with E-state index in [0.717, 1.165) is 36.8 Å². The Morgan fingerprint density at radius 3 is 2.18 bits per heavy atom. The summed E-state index contributed by atoms with van der Waals surface area (Å²) < 4.78 is 17.9. The maximum atomic E-state index is 12.7. The third-order valence-corrected chi connectivity index (χ3v) is 5.98. The molecule has 0 aromatic heterocycles. The van der Waals surface area contributed by atoms with E-state index >= 15 is 0 Å². The molecule has 0 aliphatic carbocycles. The lowest BCUT2D eigenvalue weighted by atomic mass is 9.78. The summed E-state index contributed by atoms with van der Waals surface area (Å²) in [5, 5.41) is 0. The highest BCUT2D eigenvalue weighted by atomic mass is 16.7. The van der Waals surface area contributed by atoms with Crippen molar-refractivity contribution in [2.24, 2.45) is 0 Å². The van der Waals surface area contributed by atoms with Crippen LogP contribution < -0.4 is 5.46 Å². The van der Waals surface area contributed by atoms with Crippen LogP contribution in [-0.4, -0.2) is 41.5 Å². The summed E-state index contributed by atoms with van der Waals surface area (Å²) in [6, 6.07) is 8.34. The van der Waals surface area contributed by atoms with Crippen LogP contribution in [-0.2, 0) is 14.0 Å². The van der Waals surface area contributed by atoms with E-state index < -0.39 is 5.60 Å². The molecule has 5 nitrogen and oxygen atoms in total. The Morgan fingerprint density at radius 1 is 1.07 bits per heavy atom. The molecule has 1 unspecified atom stereocenters. The van der Waals surface area contributed by atoms with Crippen molar-refractivity contribution in [3.63, 3.8) is 0 Å². The number of hydrogen-bond donors (Lipinski definition) is 0. The highest BCUT2D eigenvalue weighted by molar-refractivity contribution is 6.62. The zero-order valence-electron chi connectivity index (χ0n) is 18.4. The molecule has 2 saturated heterocycles. The SMILES string of the molecule is CC(C)(C)OC(=O)N1CCCCC1c1ccc(B2OC(C)(C)C(C)(C)O2)cc1.